The fraction of sp³-hybridized carbons (Fsp3) is 0.921. The van der Waals surface area contributed by atoms with Crippen molar-refractivity contribution in [1.29, 1.82) is 0 Å². The number of carbonyl (C=O) groups is 3. The van der Waals surface area contributed by atoms with E-state index in [4.69, 9.17) is 14.2 Å². The molecule has 0 N–H and O–H groups in total. The Bertz CT molecular complexity index is 674. The minimum atomic E-state index is -0.757. The average Bonchev–Trinajstić information content (AvgIpc) is 2.98. The van der Waals surface area contributed by atoms with Crippen LogP contribution in [0.3, 0.4) is 0 Å². The van der Waals surface area contributed by atoms with E-state index in [1.807, 2.05) is 0 Å². The molecule has 260 valence electrons. The number of hydrogen-bond donors (Lipinski definition) is 0. The second kappa shape index (κ2) is 31.4. The minimum absolute atomic E-state index is 0.0686. The summed E-state index contributed by atoms with van der Waals surface area (Å²) in [5.41, 5.74) is 0. The normalized spacial score (nSPS) is 12.1. The monoisotopic (exact) mass is 625 g/mol. The van der Waals surface area contributed by atoms with Gasteiger partial charge in [0.05, 0.1) is 0 Å². The van der Waals surface area contributed by atoms with Gasteiger partial charge < -0.3 is 14.2 Å². The fourth-order valence-corrected chi connectivity index (χ4v) is 5.34. The number of esters is 3. The SMILES string of the molecule is CCCCCCCC(=O)O[C@@H](COC(=O)CCCCCCCCCCC(C)C)COC(=O)CCCCCCCCCC(C)C. The molecule has 0 amide bonds. The first-order valence-electron chi connectivity index (χ1n) is 18.7. The molecule has 0 aromatic carbocycles. The van der Waals surface area contributed by atoms with Gasteiger partial charge in [0.25, 0.3) is 0 Å². The molecule has 44 heavy (non-hydrogen) atoms. The number of carbonyl (C=O) groups excluding carboxylic acids is 3. The van der Waals surface area contributed by atoms with Crippen LogP contribution in [0.25, 0.3) is 0 Å². The lowest BCUT2D eigenvalue weighted by atomic mass is 10.0. The first kappa shape index (κ1) is 42.4. The lowest BCUT2D eigenvalue weighted by Gasteiger charge is -2.18. The standard InChI is InChI=1S/C38H72O6/c1-6-7-8-16-25-30-38(41)44-35(32-43-37(40)29-24-20-15-11-13-18-22-27-34(4)5)31-42-36(39)28-23-19-14-10-9-12-17-21-26-33(2)3/h33-35H,6-32H2,1-5H3/t35-/m0/s1. The molecule has 0 bridgehead atoms. The highest BCUT2D eigenvalue weighted by molar-refractivity contribution is 5.71. The van der Waals surface area contributed by atoms with Gasteiger partial charge >= 0.3 is 17.9 Å². The smallest absolute Gasteiger partial charge is 0.306 e. The Hall–Kier alpha value is -1.59. The predicted octanol–water partition coefficient (Wildman–Crippen LogP) is 11.1. The Morgan fingerprint density at radius 3 is 1.11 bits per heavy atom. The summed E-state index contributed by atoms with van der Waals surface area (Å²) in [5.74, 6) is 0.691. The molecular weight excluding hydrogens is 552 g/mol. The van der Waals surface area contributed by atoms with Crippen LogP contribution >= 0.6 is 0 Å². The summed E-state index contributed by atoms with van der Waals surface area (Å²) in [6, 6.07) is 0. The van der Waals surface area contributed by atoms with Crippen LogP contribution in [0, 0.1) is 11.8 Å². The topological polar surface area (TPSA) is 78.9 Å². The summed E-state index contributed by atoms with van der Waals surface area (Å²) >= 11 is 0. The van der Waals surface area contributed by atoms with Crippen molar-refractivity contribution >= 4 is 17.9 Å². The lowest BCUT2D eigenvalue weighted by molar-refractivity contribution is -0.167. The van der Waals surface area contributed by atoms with Crippen molar-refractivity contribution in [3.05, 3.63) is 0 Å². The first-order valence-corrected chi connectivity index (χ1v) is 18.7. The van der Waals surface area contributed by atoms with Crippen LogP contribution in [0.4, 0.5) is 0 Å². The van der Waals surface area contributed by atoms with Gasteiger partial charge in [-0.15, -0.1) is 0 Å². The van der Waals surface area contributed by atoms with Gasteiger partial charge in [-0.3, -0.25) is 14.4 Å². The summed E-state index contributed by atoms with van der Waals surface area (Å²) in [4.78, 5) is 37.1. The Balaban J connectivity index is 4.26. The molecule has 0 aliphatic rings. The molecule has 0 aromatic rings. The minimum Gasteiger partial charge on any atom is -0.462 e. The van der Waals surface area contributed by atoms with E-state index in [0.29, 0.717) is 19.3 Å². The van der Waals surface area contributed by atoms with Gasteiger partial charge in [-0.2, -0.15) is 0 Å². The van der Waals surface area contributed by atoms with Crippen molar-refractivity contribution in [2.45, 2.75) is 201 Å². The van der Waals surface area contributed by atoms with Crippen LogP contribution in [0.2, 0.25) is 0 Å². The maximum absolute atomic E-state index is 12.4. The van der Waals surface area contributed by atoms with Gasteiger partial charge in [0, 0.05) is 19.3 Å². The van der Waals surface area contributed by atoms with Crippen LogP contribution in [0.15, 0.2) is 0 Å². The zero-order chi connectivity index (χ0) is 32.7. The highest BCUT2D eigenvalue weighted by Gasteiger charge is 2.19. The van der Waals surface area contributed by atoms with Crippen LogP contribution in [0.5, 0.6) is 0 Å². The Labute approximate surface area is 272 Å². The molecule has 0 spiro atoms. The zero-order valence-electron chi connectivity index (χ0n) is 29.8. The molecule has 6 heteroatoms. The van der Waals surface area contributed by atoms with E-state index in [2.05, 4.69) is 34.6 Å². The first-order chi connectivity index (χ1) is 21.2. The molecule has 0 fully saturated rings. The molecule has 0 saturated carbocycles. The van der Waals surface area contributed by atoms with Crippen molar-refractivity contribution in [2.24, 2.45) is 11.8 Å². The van der Waals surface area contributed by atoms with E-state index in [0.717, 1.165) is 76.0 Å². The van der Waals surface area contributed by atoms with Gasteiger partial charge in [-0.05, 0) is 31.1 Å². The van der Waals surface area contributed by atoms with Gasteiger partial charge in [0.1, 0.15) is 13.2 Å². The largest absolute Gasteiger partial charge is 0.462 e. The third-order valence-electron chi connectivity index (χ3n) is 8.22. The second-order valence-electron chi connectivity index (χ2n) is 13.8. The van der Waals surface area contributed by atoms with Crippen molar-refractivity contribution in [3.8, 4) is 0 Å². The maximum Gasteiger partial charge on any atom is 0.306 e. The van der Waals surface area contributed by atoms with Crippen molar-refractivity contribution in [2.75, 3.05) is 13.2 Å². The molecule has 0 heterocycles. The van der Waals surface area contributed by atoms with Crippen LogP contribution < -0.4 is 0 Å². The molecule has 0 rings (SSSR count). The molecule has 0 aliphatic carbocycles. The molecule has 0 unspecified atom stereocenters. The highest BCUT2D eigenvalue weighted by atomic mass is 16.6. The summed E-state index contributed by atoms with van der Waals surface area (Å²) in [7, 11) is 0. The number of rotatable bonds is 32. The average molecular weight is 625 g/mol. The molecular formula is C38H72O6. The van der Waals surface area contributed by atoms with Crippen molar-refractivity contribution in [1.82, 2.24) is 0 Å². The summed E-state index contributed by atoms with van der Waals surface area (Å²) in [5, 5.41) is 0. The predicted molar refractivity (Wildman–Crippen MR) is 183 cm³/mol. The summed E-state index contributed by atoms with van der Waals surface area (Å²) < 4.78 is 16.5. The Morgan fingerprint density at radius 1 is 0.432 bits per heavy atom. The van der Waals surface area contributed by atoms with E-state index >= 15 is 0 Å². The van der Waals surface area contributed by atoms with E-state index in [1.165, 1.54) is 77.0 Å². The number of ether oxygens (including phenoxy) is 3. The van der Waals surface area contributed by atoms with Crippen molar-refractivity contribution < 1.29 is 28.6 Å². The Morgan fingerprint density at radius 2 is 0.750 bits per heavy atom. The Kier molecular flexibility index (Phi) is 30.3. The van der Waals surface area contributed by atoms with E-state index in [1.54, 1.807) is 0 Å². The summed E-state index contributed by atoms with van der Waals surface area (Å²) in [6.45, 7) is 11.1. The van der Waals surface area contributed by atoms with E-state index < -0.39 is 6.10 Å². The number of hydrogen-bond acceptors (Lipinski definition) is 6. The van der Waals surface area contributed by atoms with E-state index in [-0.39, 0.29) is 31.1 Å². The van der Waals surface area contributed by atoms with Gasteiger partial charge in [-0.25, -0.2) is 0 Å². The third kappa shape index (κ3) is 31.8. The van der Waals surface area contributed by atoms with E-state index in [9.17, 15) is 14.4 Å². The van der Waals surface area contributed by atoms with Crippen molar-refractivity contribution in [3.63, 3.8) is 0 Å². The number of unbranched alkanes of at least 4 members (excludes halogenated alkanes) is 17. The zero-order valence-corrected chi connectivity index (χ0v) is 29.8. The van der Waals surface area contributed by atoms with Crippen LogP contribution in [-0.2, 0) is 28.6 Å². The van der Waals surface area contributed by atoms with Crippen LogP contribution in [0.1, 0.15) is 195 Å². The molecule has 0 radical (unpaired) electrons. The lowest BCUT2D eigenvalue weighted by Crippen LogP contribution is -2.30. The molecule has 6 nitrogen and oxygen atoms in total. The van der Waals surface area contributed by atoms with Gasteiger partial charge in [0.2, 0.25) is 0 Å². The van der Waals surface area contributed by atoms with Gasteiger partial charge in [-0.1, -0.05) is 157 Å². The summed E-state index contributed by atoms with van der Waals surface area (Å²) in [6.07, 6.45) is 25.6. The fourth-order valence-electron chi connectivity index (χ4n) is 5.34. The molecule has 0 aromatic heterocycles. The molecule has 0 aliphatic heterocycles. The molecule has 1 atom stereocenters. The quantitative estimate of drug-likeness (QED) is 0.0421. The highest BCUT2D eigenvalue weighted by Crippen LogP contribution is 2.15. The molecule has 0 saturated heterocycles. The second-order valence-corrected chi connectivity index (χ2v) is 13.8. The van der Waals surface area contributed by atoms with Gasteiger partial charge in [0.15, 0.2) is 6.10 Å². The third-order valence-corrected chi connectivity index (χ3v) is 8.22. The maximum atomic E-state index is 12.4. The van der Waals surface area contributed by atoms with Crippen LogP contribution in [-0.4, -0.2) is 37.2 Å².